The number of likely N-dealkylation sites (N-methyl/N-ethyl adjacent to an activating group) is 1. The van der Waals surface area contributed by atoms with Gasteiger partial charge in [0.25, 0.3) is 0 Å². The molecule has 0 radical (unpaired) electrons. The van der Waals surface area contributed by atoms with Crippen molar-refractivity contribution in [1.82, 2.24) is 9.88 Å². The maximum Gasteiger partial charge on any atom is 0.151 e. The van der Waals surface area contributed by atoms with Crippen LogP contribution in [0.25, 0.3) is 10.9 Å². The van der Waals surface area contributed by atoms with E-state index in [9.17, 15) is 4.79 Å². The van der Waals surface area contributed by atoms with Gasteiger partial charge < -0.3 is 0 Å². The van der Waals surface area contributed by atoms with Crippen molar-refractivity contribution < 1.29 is 4.79 Å². The molecule has 0 saturated heterocycles. The highest BCUT2D eigenvalue weighted by Crippen LogP contribution is 2.27. The smallest absolute Gasteiger partial charge is 0.151 e. The Balaban J connectivity index is 2.23. The van der Waals surface area contributed by atoms with Gasteiger partial charge >= 0.3 is 0 Å². The molecule has 0 amide bonds. The summed E-state index contributed by atoms with van der Waals surface area (Å²) in [7, 11) is 0. The first kappa shape index (κ1) is 13.3. The molecular formula is C17H20N2O. The zero-order valence-electron chi connectivity index (χ0n) is 12.1. The van der Waals surface area contributed by atoms with Crippen LogP contribution in [0.3, 0.4) is 0 Å². The van der Waals surface area contributed by atoms with E-state index in [-0.39, 0.29) is 0 Å². The van der Waals surface area contributed by atoms with Gasteiger partial charge in [-0.15, -0.1) is 0 Å². The number of rotatable bonds is 3. The van der Waals surface area contributed by atoms with Gasteiger partial charge in [-0.25, -0.2) is 0 Å². The number of aryl methyl sites for hydroxylation is 1. The van der Waals surface area contributed by atoms with Gasteiger partial charge in [0.2, 0.25) is 0 Å². The first-order valence-electron chi connectivity index (χ1n) is 7.38. The quantitative estimate of drug-likeness (QED) is 0.802. The van der Waals surface area contributed by atoms with Crippen molar-refractivity contribution in [2.24, 2.45) is 0 Å². The van der Waals surface area contributed by atoms with E-state index in [4.69, 9.17) is 4.98 Å². The Morgan fingerprint density at radius 1 is 1.35 bits per heavy atom. The van der Waals surface area contributed by atoms with Crippen molar-refractivity contribution in [3.8, 4) is 0 Å². The molecule has 20 heavy (non-hydrogen) atoms. The van der Waals surface area contributed by atoms with E-state index in [1.165, 1.54) is 5.56 Å². The van der Waals surface area contributed by atoms with E-state index in [2.05, 4.69) is 30.9 Å². The summed E-state index contributed by atoms with van der Waals surface area (Å²) in [5.41, 5.74) is 5.29. The van der Waals surface area contributed by atoms with Gasteiger partial charge in [-0.3, -0.25) is 14.7 Å². The van der Waals surface area contributed by atoms with Crippen LogP contribution >= 0.6 is 0 Å². The van der Waals surface area contributed by atoms with Crippen LogP contribution in [0.5, 0.6) is 0 Å². The third-order valence-corrected chi connectivity index (χ3v) is 4.30. The number of aromatic nitrogens is 1. The lowest BCUT2D eigenvalue weighted by atomic mass is 9.95. The van der Waals surface area contributed by atoms with E-state index in [1.807, 2.05) is 6.07 Å². The minimum absolute atomic E-state index is 0.846. The SMILES string of the molecule is CCc1ccc2nc3c(c(C=O)c2c1)CN(CC)CC3. The van der Waals surface area contributed by atoms with Crippen LogP contribution in [0.1, 0.15) is 41.0 Å². The van der Waals surface area contributed by atoms with Gasteiger partial charge in [0.15, 0.2) is 6.29 Å². The van der Waals surface area contributed by atoms with E-state index in [0.29, 0.717) is 0 Å². The van der Waals surface area contributed by atoms with E-state index in [0.717, 1.165) is 66.5 Å². The summed E-state index contributed by atoms with van der Waals surface area (Å²) in [5.74, 6) is 0. The van der Waals surface area contributed by atoms with Gasteiger partial charge in [-0.05, 0) is 36.2 Å². The second kappa shape index (κ2) is 5.33. The molecule has 0 spiro atoms. The molecule has 2 heterocycles. The lowest BCUT2D eigenvalue weighted by molar-refractivity contribution is 0.112. The Morgan fingerprint density at radius 3 is 2.90 bits per heavy atom. The number of hydrogen-bond acceptors (Lipinski definition) is 3. The Hall–Kier alpha value is -1.74. The molecule has 3 rings (SSSR count). The standard InChI is InChI=1S/C17H20N2O/c1-3-12-5-6-16-13(9-12)15(11-20)14-10-19(4-2)8-7-17(14)18-16/h5-6,9,11H,3-4,7-8,10H2,1-2H3. The highest BCUT2D eigenvalue weighted by atomic mass is 16.1. The number of fused-ring (bicyclic) bond motifs is 2. The third kappa shape index (κ3) is 2.12. The number of hydrogen-bond donors (Lipinski definition) is 0. The predicted octanol–water partition coefficient (Wildman–Crippen LogP) is 2.99. The first-order chi connectivity index (χ1) is 9.76. The number of carbonyl (C=O) groups excluding carboxylic acids is 1. The molecular weight excluding hydrogens is 248 g/mol. The van der Waals surface area contributed by atoms with Crippen LogP contribution < -0.4 is 0 Å². The predicted molar refractivity (Wildman–Crippen MR) is 81.2 cm³/mol. The van der Waals surface area contributed by atoms with Gasteiger partial charge in [0.1, 0.15) is 0 Å². The van der Waals surface area contributed by atoms with Crippen LogP contribution in [0, 0.1) is 0 Å². The fourth-order valence-electron chi connectivity index (χ4n) is 3.00. The summed E-state index contributed by atoms with van der Waals surface area (Å²) >= 11 is 0. The molecule has 0 N–H and O–H groups in total. The van der Waals surface area contributed by atoms with E-state index < -0.39 is 0 Å². The Kier molecular flexibility index (Phi) is 3.53. The van der Waals surface area contributed by atoms with Crippen LogP contribution in [0.2, 0.25) is 0 Å². The van der Waals surface area contributed by atoms with Crippen molar-refractivity contribution >= 4 is 17.2 Å². The molecule has 0 fully saturated rings. The molecule has 3 heteroatoms. The first-order valence-corrected chi connectivity index (χ1v) is 7.38. The highest BCUT2D eigenvalue weighted by Gasteiger charge is 2.21. The summed E-state index contributed by atoms with van der Waals surface area (Å²) in [4.78, 5) is 18.8. The largest absolute Gasteiger partial charge is 0.299 e. The lowest BCUT2D eigenvalue weighted by Gasteiger charge is -2.28. The molecule has 0 bridgehead atoms. The zero-order chi connectivity index (χ0) is 14.1. The zero-order valence-corrected chi connectivity index (χ0v) is 12.1. The Labute approximate surface area is 119 Å². The highest BCUT2D eigenvalue weighted by molar-refractivity contribution is 5.98. The average molecular weight is 268 g/mol. The van der Waals surface area contributed by atoms with Gasteiger partial charge in [0, 0.05) is 36.2 Å². The second-order valence-electron chi connectivity index (χ2n) is 5.39. The van der Waals surface area contributed by atoms with E-state index in [1.54, 1.807) is 0 Å². The van der Waals surface area contributed by atoms with Crippen LogP contribution in [-0.4, -0.2) is 29.3 Å². The normalized spacial score (nSPS) is 15.3. The maximum atomic E-state index is 11.6. The second-order valence-corrected chi connectivity index (χ2v) is 5.39. The van der Waals surface area contributed by atoms with Crippen LogP contribution in [0.4, 0.5) is 0 Å². The molecule has 1 aliphatic rings. The minimum Gasteiger partial charge on any atom is -0.299 e. The Morgan fingerprint density at radius 2 is 2.20 bits per heavy atom. The van der Waals surface area contributed by atoms with Crippen LogP contribution in [0.15, 0.2) is 18.2 Å². The topological polar surface area (TPSA) is 33.2 Å². The lowest BCUT2D eigenvalue weighted by Crippen LogP contribution is -2.31. The van der Waals surface area contributed by atoms with Crippen molar-refractivity contribution in [2.75, 3.05) is 13.1 Å². The minimum atomic E-state index is 0.846. The average Bonchev–Trinajstić information content (AvgIpc) is 2.51. The molecule has 0 saturated carbocycles. The molecule has 1 aliphatic heterocycles. The summed E-state index contributed by atoms with van der Waals surface area (Å²) in [5, 5.41) is 1.01. The molecule has 1 aromatic heterocycles. The van der Waals surface area contributed by atoms with Crippen molar-refractivity contribution in [2.45, 2.75) is 33.2 Å². The van der Waals surface area contributed by atoms with Gasteiger partial charge in [-0.1, -0.05) is 19.9 Å². The van der Waals surface area contributed by atoms with Crippen LogP contribution in [-0.2, 0) is 19.4 Å². The number of nitrogens with zero attached hydrogens (tertiary/aromatic N) is 2. The molecule has 1 aromatic carbocycles. The van der Waals surface area contributed by atoms with Gasteiger partial charge in [-0.2, -0.15) is 0 Å². The molecule has 0 aliphatic carbocycles. The van der Waals surface area contributed by atoms with Crippen molar-refractivity contribution in [3.05, 3.63) is 40.6 Å². The molecule has 0 unspecified atom stereocenters. The molecule has 2 aromatic rings. The number of aldehydes is 1. The van der Waals surface area contributed by atoms with Crippen molar-refractivity contribution in [1.29, 1.82) is 0 Å². The number of carbonyl (C=O) groups is 1. The van der Waals surface area contributed by atoms with Gasteiger partial charge in [0.05, 0.1) is 5.52 Å². The molecule has 0 atom stereocenters. The number of pyridine rings is 1. The Bertz CT molecular complexity index is 664. The fourth-order valence-corrected chi connectivity index (χ4v) is 3.00. The van der Waals surface area contributed by atoms with Crippen molar-refractivity contribution in [3.63, 3.8) is 0 Å². The number of benzene rings is 1. The maximum absolute atomic E-state index is 11.6. The summed E-state index contributed by atoms with van der Waals surface area (Å²) in [6, 6.07) is 6.28. The third-order valence-electron chi connectivity index (χ3n) is 4.30. The van der Waals surface area contributed by atoms with E-state index >= 15 is 0 Å². The summed E-state index contributed by atoms with van der Waals surface area (Å²) in [6.45, 7) is 7.19. The monoisotopic (exact) mass is 268 g/mol. The summed E-state index contributed by atoms with van der Waals surface area (Å²) in [6.07, 6.45) is 2.93. The summed E-state index contributed by atoms with van der Waals surface area (Å²) < 4.78 is 0. The molecule has 104 valence electrons. The molecule has 3 nitrogen and oxygen atoms in total. The fraction of sp³-hybridized carbons (Fsp3) is 0.412.